The fourth-order valence-corrected chi connectivity index (χ4v) is 3.46. The van der Waals surface area contributed by atoms with Crippen molar-refractivity contribution in [1.82, 2.24) is 20.0 Å². The van der Waals surface area contributed by atoms with Crippen molar-refractivity contribution in [2.45, 2.75) is 19.4 Å². The largest absolute Gasteiger partial charge is 0.341 e. The quantitative estimate of drug-likeness (QED) is 0.885. The van der Waals surface area contributed by atoms with Crippen LogP contribution < -0.4 is 5.32 Å². The number of amides is 1. The molecule has 5 nitrogen and oxygen atoms in total. The van der Waals surface area contributed by atoms with Crippen molar-refractivity contribution in [3.63, 3.8) is 0 Å². The topological polar surface area (TPSA) is 50.2 Å². The molecule has 2 aliphatic heterocycles. The zero-order valence-corrected chi connectivity index (χ0v) is 12.5. The van der Waals surface area contributed by atoms with Crippen LogP contribution in [0.2, 0.25) is 0 Å². The number of hydrogen-bond donors (Lipinski definition) is 1. The van der Waals surface area contributed by atoms with E-state index in [1.54, 1.807) is 10.9 Å². The number of fused-ring (bicyclic) bond motifs is 1. The first kappa shape index (κ1) is 13.1. The highest BCUT2D eigenvalue weighted by molar-refractivity contribution is 9.10. The van der Waals surface area contributed by atoms with Gasteiger partial charge in [-0.3, -0.25) is 9.48 Å². The highest BCUT2D eigenvalue weighted by Crippen LogP contribution is 2.27. The van der Waals surface area contributed by atoms with E-state index >= 15 is 0 Å². The van der Waals surface area contributed by atoms with Crippen molar-refractivity contribution >= 4 is 21.8 Å². The molecule has 0 saturated carbocycles. The van der Waals surface area contributed by atoms with Gasteiger partial charge in [0.15, 0.2) is 0 Å². The van der Waals surface area contributed by atoms with E-state index in [1.165, 1.54) is 0 Å². The van der Waals surface area contributed by atoms with Gasteiger partial charge in [-0.2, -0.15) is 5.10 Å². The Morgan fingerprint density at radius 3 is 2.63 bits per heavy atom. The fourth-order valence-electron chi connectivity index (χ4n) is 3.13. The van der Waals surface area contributed by atoms with E-state index in [-0.39, 0.29) is 5.91 Å². The molecule has 0 bridgehead atoms. The lowest BCUT2D eigenvalue weighted by Crippen LogP contribution is -2.35. The summed E-state index contributed by atoms with van der Waals surface area (Å²) in [7, 11) is 0. The third-order valence-electron chi connectivity index (χ3n) is 4.27. The number of halogens is 1. The van der Waals surface area contributed by atoms with Crippen molar-refractivity contribution in [3.8, 4) is 0 Å². The first-order chi connectivity index (χ1) is 9.22. The molecule has 0 aliphatic carbocycles. The maximum Gasteiger partial charge on any atom is 0.244 e. The van der Waals surface area contributed by atoms with Gasteiger partial charge in [0, 0.05) is 19.3 Å². The number of aromatic nitrogens is 2. The Labute approximate surface area is 121 Å². The van der Waals surface area contributed by atoms with Gasteiger partial charge in [-0.25, -0.2) is 0 Å². The standard InChI is InChI=1S/C13H19BrN4O/c14-12-7-16-18(8-12)9-13(19)17-3-1-10-5-15-6-11(10)2-4-17/h7-8,10-11,15H,1-6,9H2/t10-,11+. The molecule has 19 heavy (non-hydrogen) atoms. The van der Waals surface area contributed by atoms with Gasteiger partial charge in [0.05, 0.1) is 10.7 Å². The number of rotatable bonds is 2. The van der Waals surface area contributed by atoms with Gasteiger partial charge in [0.25, 0.3) is 0 Å². The lowest BCUT2D eigenvalue weighted by Gasteiger charge is -2.20. The van der Waals surface area contributed by atoms with Gasteiger partial charge in [-0.1, -0.05) is 0 Å². The predicted octanol–water partition coefficient (Wildman–Crippen LogP) is 1.10. The lowest BCUT2D eigenvalue weighted by molar-refractivity contribution is -0.132. The molecule has 0 radical (unpaired) electrons. The smallest absolute Gasteiger partial charge is 0.244 e. The molecule has 2 fully saturated rings. The van der Waals surface area contributed by atoms with Gasteiger partial charge < -0.3 is 10.2 Å². The van der Waals surface area contributed by atoms with E-state index in [0.29, 0.717) is 6.54 Å². The van der Waals surface area contributed by atoms with E-state index < -0.39 is 0 Å². The van der Waals surface area contributed by atoms with Crippen LogP contribution >= 0.6 is 15.9 Å². The molecule has 2 atom stereocenters. The van der Waals surface area contributed by atoms with Crippen LogP contribution in [-0.4, -0.2) is 46.8 Å². The maximum absolute atomic E-state index is 12.3. The lowest BCUT2D eigenvalue weighted by atomic mass is 9.92. The van der Waals surface area contributed by atoms with Crippen molar-refractivity contribution in [3.05, 3.63) is 16.9 Å². The Kier molecular flexibility index (Phi) is 3.88. The summed E-state index contributed by atoms with van der Waals surface area (Å²) in [5, 5.41) is 7.60. The maximum atomic E-state index is 12.3. The SMILES string of the molecule is O=C(Cn1cc(Br)cn1)N1CC[C@@H]2CNC[C@@H]2CC1. The molecule has 3 heterocycles. The Hall–Kier alpha value is -0.880. The second kappa shape index (κ2) is 5.63. The second-order valence-corrected chi connectivity index (χ2v) is 6.41. The van der Waals surface area contributed by atoms with Crippen LogP contribution in [0.15, 0.2) is 16.9 Å². The average molecular weight is 327 g/mol. The van der Waals surface area contributed by atoms with Gasteiger partial charge in [0.2, 0.25) is 5.91 Å². The summed E-state index contributed by atoms with van der Waals surface area (Å²) in [4.78, 5) is 14.3. The summed E-state index contributed by atoms with van der Waals surface area (Å²) in [5.41, 5.74) is 0. The van der Waals surface area contributed by atoms with Gasteiger partial charge in [-0.05, 0) is 53.7 Å². The minimum absolute atomic E-state index is 0.184. The Bertz CT molecular complexity index is 447. The monoisotopic (exact) mass is 326 g/mol. The normalized spacial score (nSPS) is 27.1. The third-order valence-corrected chi connectivity index (χ3v) is 4.68. The molecule has 0 spiro atoms. The van der Waals surface area contributed by atoms with E-state index in [1.807, 2.05) is 11.1 Å². The van der Waals surface area contributed by atoms with Crippen molar-refractivity contribution in [1.29, 1.82) is 0 Å². The number of nitrogens with one attached hydrogen (secondary N) is 1. The molecule has 0 unspecified atom stereocenters. The summed E-state index contributed by atoms with van der Waals surface area (Å²) in [6, 6.07) is 0. The van der Waals surface area contributed by atoms with E-state index in [2.05, 4.69) is 26.3 Å². The summed E-state index contributed by atoms with van der Waals surface area (Å²) in [6.07, 6.45) is 5.82. The fraction of sp³-hybridized carbons (Fsp3) is 0.692. The van der Waals surface area contributed by atoms with Crippen molar-refractivity contribution < 1.29 is 4.79 Å². The summed E-state index contributed by atoms with van der Waals surface area (Å²) < 4.78 is 2.61. The molecular weight excluding hydrogens is 308 g/mol. The van der Waals surface area contributed by atoms with E-state index in [0.717, 1.165) is 55.3 Å². The van der Waals surface area contributed by atoms with Crippen LogP contribution in [0.5, 0.6) is 0 Å². The molecule has 1 amide bonds. The highest BCUT2D eigenvalue weighted by Gasteiger charge is 2.31. The zero-order chi connectivity index (χ0) is 13.2. The van der Waals surface area contributed by atoms with Gasteiger partial charge in [-0.15, -0.1) is 0 Å². The molecule has 1 aromatic heterocycles. The number of hydrogen-bond acceptors (Lipinski definition) is 3. The van der Waals surface area contributed by atoms with Crippen LogP contribution in [-0.2, 0) is 11.3 Å². The average Bonchev–Trinajstić information content (AvgIpc) is 2.94. The molecular formula is C13H19BrN4O. The van der Waals surface area contributed by atoms with Crippen LogP contribution in [0.25, 0.3) is 0 Å². The number of likely N-dealkylation sites (tertiary alicyclic amines) is 1. The molecule has 2 aliphatic rings. The molecule has 0 aromatic carbocycles. The first-order valence-corrected chi connectivity index (χ1v) is 7.68. The Balaban J connectivity index is 1.58. The Morgan fingerprint density at radius 1 is 1.37 bits per heavy atom. The van der Waals surface area contributed by atoms with Crippen LogP contribution in [0, 0.1) is 11.8 Å². The van der Waals surface area contributed by atoms with Crippen LogP contribution in [0.4, 0.5) is 0 Å². The second-order valence-electron chi connectivity index (χ2n) is 5.49. The van der Waals surface area contributed by atoms with Crippen molar-refractivity contribution in [2.24, 2.45) is 11.8 Å². The number of nitrogens with zero attached hydrogens (tertiary/aromatic N) is 3. The van der Waals surface area contributed by atoms with Gasteiger partial charge in [0.1, 0.15) is 6.54 Å². The molecule has 1 N–H and O–H groups in total. The summed E-state index contributed by atoms with van der Waals surface area (Å²) in [6.45, 7) is 4.38. The van der Waals surface area contributed by atoms with E-state index in [4.69, 9.17) is 0 Å². The first-order valence-electron chi connectivity index (χ1n) is 6.89. The zero-order valence-electron chi connectivity index (χ0n) is 10.9. The van der Waals surface area contributed by atoms with Crippen LogP contribution in [0.3, 0.4) is 0 Å². The van der Waals surface area contributed by atoms with Crippen LogP contribution in [0.1, 0.15) is 12.8 Å². The third kappa shape index (κ3) is 3.00. The minimum atomic E-state index is 0.184. The minimum Gasteiger partial charge on any atom is -0.341 e. The molecule has 104 valence electrons. The van der Waals surface area contributed by atoms with Crippen molar-refractivity contribution in [2.75, 3.05) is 26.2 Å². The number of carbonyl (C=O) groups is 1. The highest BCUT2D eigenvalue weighted by atomic mass is 79.9. The molecule has 1 aromatic rings. The van der Waals surface area contributed by atoms with Gasteiger partial charge >= 0.3 is 0 Å². The predicted molar refractivity (Wildman–Crippen MR) is 75.6 cm³/mol. The summed E-state index contributed by atoms with van der Waals surface area (Å²) >= 11 is 3.35. The molecule has 6 heteroatoms. The van der Waals surface area contributed by atoms with E-state index in [9.17, 15) is 4.79 Å². The molecule has 3 rings (SSSR count). The molecule has 2 saturated heterocycles. The summed E-state index contributed by atoms with van der Waals surface area (Å²) in [5.74, 6) is 1.71. The number of carbonyl (C=O) groups excluding carboxylic acids is 1. The Morgan fingerprint density at radius 2 is 2.05 bits per heavy atom.